The molecule has 0 radical (unpaired) electrons. The number of aryl methyl sites for hydroxylation is 1. The number of piperazine rings is 1. The third-order valence-electron chi connectivity index (χ3n) is 5.00. The number of nitrogens with zero attached hydrogens (tertiary/aromatic N) is 2. The van der Waals surface area contributed by atoms with Crippen LogP contribution in [0.5, 0.6) is 0 Å². The van der Waals surface area contributed by atoms with Gasteiger partial charge in [-0.1, -0.05) is 19.3 Å². The third-order valence-corrected chi connectivity index (χ3v) is 5.00. The van der Waals surface area contributed by atoms with Crippen molar-refractivity contribution in [2.24, 2.45) is 0 Å². The van der Waals surface area contributed by atoms with Crippen LogP contribution in [0.4, 0.5) is 0 Å². The molecule has 21 heavy (non-hydrogen) atoms. The Morgan fingerprint density at radius 1 is 1.24 bits per heavy atom. The average Bonchev–Trinajstić information content (AvgIpc) is 2.55. The van der Waals surface area contributed by atoms with E-state index >= 15 is 0 Å². The molecule has 1 aromatic rings. The highest BCUT2D eigenvalue weighted by Crippen LogP contribution is 2.35. The molecule has 1 aliphatic carbocycles. The molecule has 4 heteroatoms. The van der Waals surface area contributed by atoms with Gasteiger partial charge in [0.25, 0.3) is 0 Å². The van der Waals surface area contributed by atoms with Gasteiger partial charge in [-0.15, -0.1) is 0 Å². The van der Waals surface area contributed by atoms with Gasteiger partial charge in [-0.25, -0.2) is 0 Å². The summed E-state index contributed by atoms with van der Waals surface area (Å²) < 4.78 is 0. The van der Waals surface area contributed by atoms with E-state index in [1.54, 1.807) is 12.4 Å². The zero-order chi connectivity index (χ0) is 14.5. The molecule has 1 spiro atoms. The zero-order valence-electron chi connectivity index (χ0n) is 12.7. The van der Waals surface area contributed by atoms with Crippen LogP contribution in [0, 0.1) is 0 Å². The van der Waals surface area contributed by atoms with Gasteiger partial charge in [0.2, 0.25) is 5.91 Å². The van der Waals surface area contributed by atoms with Gasteiger partial charge >= 0.3 is 0 Å². The number of carbonyl (C=O) groups excluding carboxylic acids is 1. The van der Waals surface area contributed by atoms with Gasteiger partial charge in [0, 0.05) is 38.4 Å². The monoisotopic (exact) mass is 287 g/mol. The predicted octanol–water partition coefficient (Wildman–Crippen LogP) is 2.15. The topological polar surface area (TPSA) is 45.2 Å². The van der Waals surface area contributed by atoms with Crippen molar-refractivity contribution < 1.29 is 4.79 Å². The van der Waals surface area contributed by atoms with E-state index in [0.717, 1.165) is 26.1 Å². The van der Waals surface area contributed by atoms with Crippen LogP contribution in [0.3, 0.4) is 0 Å². The molecule has 1 N–H and O–H groups in total. The summed E-state index contributed by atoms with van der Waals surface area (Å²) in [6.45, 7) is 2.78. The van der Waals surface area contributed by atoms with Gasteiger partial charge in [-0.2, -0.15) is 0 Å². The number of carbonyl (C=O) groups is 1. The number of aromatic nitrogens is 1. The second kappa shape index (κ2) is 6.56. The first-order chi connectivity index (χ1) is 10.3. The minimum Gasteiger partial charge on any atom is -0.334 e. The van der Waals surface area contributed by atoms with Crippen LogP contribution >= 0.6 is 0 Å². The third kappa shape index (κ3) is 3.26. The highest BCUT2D eigenvalue weighted by molar-refractivity contribution is 5.77. The van der Waals surface area contributed by atoms with E-state index in [1.807, 2.05) is 12.1 Å². The van der Waals surface area contributed by atoms with Crippen molar-refractivity contribution >= 4 is 5.91 Å². The van der Waals surface area contributed by atoms with Crippen molar-refractivity contribution in [3.8, 4) is 0 Å². The van der Waals surface area contributed by atoms with E-state index in [2.05, 4.69) is 15.2 Å². The first-order valence-corrected chi connectivity index (χ1v) is 8.20. The largest absolute Gasteiger partial charge is 0.334 e. The fourth-order valence-electron chi connectivity index (χ4n) is 3.83. The van der Waals surface area contributed by atoms with Gasteiger partial charge < -0.3 is 10.2 Å². The fourth-order valence-corrected chi connectivity index (χ4v) is 3.83. The molecule has 3 rings (SSSR count). The van der Waals surface area contributed by atoms with Crippen molar-refractivity contribution in [2.75, 3.05) is 19.6 Å². The molecular formula is C17H25N3O. The van der Waals surface area contributed by atoms with Crippen LogP contribution in [0.1, 0.15) is 44.1 Å². The lowest BCUT2D eigenvalue weighted by Gasteiger charge is -2.50. The van der Waals surface area contributed by atoms with Crippen LogP contribution < -0.4 is 5.32 Å². The van der Waals surface area contributed by atoms with E-state index < -0.39 is 0 Å². The summed E-state index contributed by atoms with van der Waals surface area (Å²) >= 11 is 0. The summed E-state index contributed by atoms with van der Waals surface area (Å²) in [6, 6.07) is 4.00. The Morgan fingerprint density at radius 3 is 2.76 bits per heavy atom. The molecule has 0 unspecified atom stereocenters. The van der Waals surface area contributed by atoms with Crippen molar-refractivity contribution in [3.63, 3.8) is 0 Å². The standard InChI is InChI=1S/C17H25N3O/c21-16(5-4-15-6-10-18-11-7-15)20-13-12-19-14-17(20)8-2-1-3-9-17/h6-7,10-11,19H,1-5,8-9,12-14H2. The molecule has 0 atom stereocenters. The maximum absolute atomic E-state index is 12.7. The summed E-state index contributed by atoms with van der Waals surface area (Å²) in [5, 5.41) is 3.50. The predicted molar refractivity (Wildman–Crippen MR) is 83.0 cm³/mol. The van der Waals surface area contributed by atoms with E-state index in [0.29, 0.717) is 12.3 Å². The molecule has 2 aliphatic rings. The summed E-state index contributed by atoms with van der Waals surface area (Å²) in [5.74, 6) is 0.329. The Hall–Kier alpha value is -1.42. The smallest absolute Gasteiger partial charge is 0.223 e. The zero-order valence-corrected chi connectivity index (χ0v) is 12.7. The van der Waals surface area contributed by atoms with Gasteiger partial charge in [0.1, 0.15) is 0 Å². The number of rotatable bonds is 3. The lowest BCUT2D eigenvalue weighted by atomic mass is 9.79. The molecule has 1 aliphatic heterocycles. The number of pyridine rings is 1. The second-order valence-electron chi connectivity index (χ2n) is 6.36. The first-order valence-electron chi connectivity index (χ1n) is 8.20. The van der Waals surface area contributed by atoms with Crippen LogP contribution in [0.25, 0.3) is 0 Å². The van der Waals surface area contributed by atoms with Crippen LogP contribution in [-0.2, 0) is 11.2 Å². The summed E-state index contributed by atoms with van der Waals surface area (Å²) in [4.78, 5) is 19.0. The molecule has 114 valence electrons. The van der Waals surface area contributed by atoms with Crippen LogP contribution in [0.15, 0.2) is 24.5 Å². The SMILES string of the molecule is O=C(CCc1ccncc1)N1CCNCC12CCCCC2. The second-order valence-corrected chi connectivity index (χ2v) is 6.36. The average molecular weight is 287 g/mol. The molecule has 2 heterocycles. The number of nitrogens with one attached hydrogen (secondary N) is 1. The highest BCUT2D eigenvalue weighted by atomic mass is 16.2. The Labute approximate surface area is 126 Å². The summed E-state index contributed by atoms with van der Waals surface area (Å²) in [6.07, 6.45) is 11.2. The van der Waals surface area contributed by atoms with Crippen molar-refractivity contribution in [2.45, 2.75) is 50.5 Å². The molecular weight excluding hydrogens is 262 g/mol. The van der Waals surface area contributed by atoms with Crippen molar-refractivity contribution in [1.82, 2.24) is 15.2 Å². The maximum atomic E-state index is 12.7. The minimum absolute atomic E-state index is 0.103. The molecule has 1 amide bonds. The van der Waals surface area contributed by atoms with Crippen molar-refractivity contribution in [3.05, 3.63) is 30.1 Å². The number of hydrogen-bond acceptors (Lipinski definition) is 3. The first kappa shape index (κ1) is 14.5. The molecule has 0 aromatic carbocycles. The van der Waals surface area contributed by atoms with Crippen molar-refractivity contribution in [1.29, 1.82) is 0 Å². The highest BCUT2D eigenvalue weighted by Gasteiger charge is 2.41. The van der Waals surface area contributed by atoms with E-state index in [9.17, 15) is 4.79 Å². The Morgan fingerprint density at radius 2 is 2.00 bits per heavy atom. The fraction of sp³-hybridized carbons (Fsp3) is 0.647. The normalized spacial score (nSPS) is 21.4. The molecule has 0 bridgehead atoms. The summed E-state index contributed by atoms with van der Waals surface area (Å²) in [5.41, 5.74) is 1.30. The minimum atomic E-state index is 0.103. The molecule has 4 nitrogen and oxygen atoms in total. The number of amides is 1. The van der Waals surface area contributed by atoms with Gasteiger partial charge in [0.15, 0.2) is 0 Å². The van der Waals surface area contributed by atoms with Gasteiger partial charge in [-0.3, -0.25) is 9.78 Å². The Kier molecular flexibility index (Phi) is 4.54. The molecule has 1 aromatic heterocycles. The van der Waals surface area contributed by atoms with E-state index in [-0.39, 0.29) is 5.54 Å². The lowest BCUT2D eigenvalue weighted by molar-refractivity contribution is -0.140. The molecule has 1 saturated carbocycles. The van der Waals surface area contributed by atoms with Crippen LogP contribution in [0.2, 0.25) is 0 Å². The van der Waals surface area contributed by atoms with Gasteiger partial charge in [-0.05, 0) is 37.0 Å². The molecule has 1 saturated heterocycles. The molecule has 2 fully saturated rings. The maximum Gasteiger partial charge on any atom is 0.223 e. The lowest BCUT2D eigenvalue weighted by Crippen LogP contribution is -2.63. The number of hydrogen-bond donors (Lipinski definition) is 1. The Bertz CT molecular complexity index is 460. The van der Waals surface area contributed by atoms with E-state index in [1.165, 1.54) is 37.7 Å². The quantitative estimate of drug-likeness (QED) is 0.926. The van der Waals surface area contributed by atoms with Gasteiger partial charge in [0.05, 0.1) is 5.54 Å². The summed E-state index contributed by atoms with van der Waals surface area (Å²) in [7, 11) is 0. The van der Waals surface area contributed by atoms with E-state index in [4.69, 9.17) is 0 Å². The Balaban J connectivity index is 1.64. The van der Waals surface area contributed by atoms with Crippen LogP contribution in [-0.4, -0.2) is 41.0 Å².